The van der Waals surface area contributed by atoms with Crippen LogP contribution in [-0.2, 0) is 19.5 Å². The smallest absolute Gasteiger partial charge is 0.165 e. The Morgan fingerprint density at radius 1 is 1.30 bits per heavy atom. The van der Waals surface area contributed by atoms with Crippen molar-refractivity contribution in [3.05, 3.63) is 41.2 Å². The highest BCUT2D eigenvalue weighted by Gasteiger charge is 2.16. The minimum absolute atomic E-state index is 0.704. The van der Waals surface area contributed by atoms with Crippen molar-refractivity contribution in [2.45, 2.75) is 19.5 Å². The highest BCUT2D eigenvalue weighted by Crippen LogP contribution is 2.31. The Morgan fingerprint density at radius 3 is 3.00 bits per heavy atom. The van der Waals surface area contributed by atoms with Gasteiger partial charge in [-0.05, 0) is 6.07 Å². The molecule has 5 heteroatoms. The largest absolute Gasteiger partial charge is 0.493 e. The van der Waals surface area contributed by atoms with Crippen LogP contribution in [0.2, 0.25) is 0 Å². The van der Waals surface area contributed by atoms with Crippen LogP contribution in [0.25, 0.3) is 0 Å². The van der Waals surface area contributed by atoms with E-state index in [2.05, 4.69) is 21.2 Å². The molecule has 1 N–H and O–H groups in total. The van der Waals surface area contributed by atoms with Gasteiger partial charge in [0.05, 0.1) is 27.0 Å². The Kier molecular flexibility index (Phi) is 3.60. The second-order valence-corrected chi connectivity index (χ2v) is 4.85. The summed E-state index contributed by atoms with van der Waals surface area (Å²) in [5.41, 5.74) is 3.68. The van der Waals surface area contributed by atoms with Gasteiger partial charge >= 0.3 is 0 Å². The lowest BCUT2D eigenvalue weighted by Crippen LogP contribution is -2.24. The third-order valence-electron chi connectivity index (χ3n) is 3.69. The van der Waals surface area contributed by atoms with E-state index < -0.39 is 0 Å². The lowest BCUT2D eigenvalue weighted by Gasteiger charge is -2.17. The second-order valence-electron chi connectivity index (χ2n) is 4.85. The summed E-state index contributed by atoms with van der Waals surface area (Å²) in [6.07, 6.45) is 2.97. The second kappa shape index (κ2) is 5.54. The topological polar surface area (TPSA) is 48.3 Å². The first-order chi connectivity index (χ1) is 9.83. The van der Waals surface area contributed by atoms with Gasteiger partial charge in [-0.15, -0.1) is 0 Å². The number of fused-ring (bicyclic) bond motifs is 1. The van der Waals surface area contributed by atoms with E-state index in [4.69, 9.17) is 9.47 Å². The SMILES string of the molecule is COc1cccc(Cn2ncc3c2CCNC3)c1OC. The maximum absolute atomic E-state index is 5.48. The number of hydrogen-bond donors (Lipinski definition) is 1. The summed E-state index contributed by atoms with van der Waals surface area (Å²) in [7, 11) is 3.33. The van der Waals surface area contributed by atoms with Crippen LogP contribution in [0.4, 0.5) is 0 Å². The standard InChI is InChI=1S/C15H19N3O2/c1-19-14-5-3-4-11(15(14)20-2)10-18-13-6-7-16-8-12(13)9-17-18/h3-5,9,16H,6-8,10H2,1-2H3. The molecule has 0 spiro atoms. The fourth-order valence-electron chi connectivity index (χ4n) is 2.69. The van der Waals surface area contributed by atoms with E-state index >= 15 is 0 Å². The molecule has 2 aromatic rings. The van der Waals surface area contributed by atoms with Crippen LogP contribution >= 0.6 is 0 Å². The monoisotopic (exact) mass is 273 g/mol. The Balaban J connectivity index is 1.93. The summed E-state index contributed by atoms with van der Waals surface area (Å²) in [5.74, 6) is 1.54. The molecule has 1 aliphatic heterocycles. The van der Waals surface area contributed by atoms with Gasteiger partial charge in [-0.2, -0.15) is 5.10 Å². The number of benzene rings is 1. The molecule has 0 atom stereocenters. The molecule has 3 rings (SSSR count). The first-order valence-electron chi connectivity index (χ1n) is 6.77. The molecule has 106 valence electrons. The molecule has 0 fully saturated rings. The molecule has 0 amide bonds. The van der Waals surface area contributed by atoms with Crippen LogP contribution in [0.5, 0.6) is 11.5 Å². The summed E-state index contributed by atoms with van der Waals surface area (Å²) in [6.45, 7) is 2.62. The number of nitrogens with one attached hydrogen (secondary N) is 1. The van der Waals surface area contributed by atoms with Gasteiger partial charge in [0.1, 0.15) is 0 Å². The van der Waals surface area contributed by atoms with E-state index in [0.29, 0.717) is 6.54 Å². The van der Waals surface area contributed by atoms with E-state index in [-0.39, 0.29) is 0 Å². The van der Waals surface area contributed by atoms with Gasteiger partial charge in [0.25, 0.3) is 0 Å². The predicted molar refractivity (Wildman–Crippen MR) is 76.3 cm³/mol. The zero-order valence-corrected chi connectivity index (χ0v) is 11.8. The zero-order chi connectivity index (χ0) is 13.9. The van der Waals surface area contributed by atoms with E-state index in [0.717, 1.165) is 36.6 Å². The number of para-hydroxylation sites is 1. The van der Waals surface area contributed by atoms with Gasteiger partial charge in [0.15, 0.2) is 11.5 Å². The van der Waals surface area contributed by atoms with Crippen molar-refractivity contribution >= 4 is 0 Å². The predicted octanol–water partition coefficient (Wildman–Crippen LogP) is 1.59. The average molecular weight is 273 g/mol. The number of aromatic nitrogens is 2. The molecular formula is C15H19N3O2. The first kappa shape index (κ1) is 13.0. The minimum Gasteiger partial charge on any atom is -0.493 e. The average Bonchev–Trinajstić information content (AvgIpc) is 2.90. The van der Waals surface area contributed by atoms with Crippen molar-refractivity contribution in [3.8, 4) is 11.5 Å². The lowest BCUT2D eigenvalue weighted by molar-refractivity contribution is 0.350. The van der Waals surface area contributed by atoms with Gasteiger partial charge < -0.3 is 14.8 Å². The quantitative estimate of drug-likeness (QED) is 0.919. The van der Waals surface area contributed by atoms with Crippen molar-refractivity contribution in [1.29, 1.82) is 0 Å². The minimum atomic E-state index is 0.704. The highest BCUT2D eigenvalue weighted by atomic mass is 16.5. The van der Waals surface area contributed by atoms with Crippen LogP contribution in [0.3, 0.4) is 0 Å². The molecule has 2 heterocycles. The Morgan fingerprint density at radius 2 is 2.20 bits per heavy atom. The molecule has 0 unspecified atom stereocenters. The Labute approximate surface area is 118 Å². The van der Waals surface area contributed by atoms with Gasteiger partial charge in [0.2, 0.25) is 0 Å². The molecule has 0 saturated heterocycles. The highest BCUT2D eigenvalue weighted by molar-refractivity contribution is 5.46. The third-order valence-corrected chi connectivity index (χ3v) is 3.69. The summed E-state index contributed by atoms with van der Waals surface area (Å²) in [5, 5.41) is 7.87. The van der Waals surface area contributed by atoms with E-state index in [1.54, 1.807) is 14.2 Å². The molecule has 0 aliphatic carbocycles. The number of nitrogens with zero attached hydrogens (tertiary/aromatic N) is 2. The van der Waals surface area contributed by atoms with Crippen molar-refractivity contribution in [3.63, 3.8) is 0 Å². The van der Waals surface area contributed by atoms with Gasteiger partial charge in [-0.3, -0.25) is 4.68 Å². The maximum atomic E-state index is 5.48. The summed E-state index contributed by atoms with van der Waals surface area (Å²) < 4.78 is 12.9. The Bertz CT molecular complexity index is 607. The normalized spacial score (nSPS) is 13.9. The zero-order valence-electron chi connectivity index (χ0n) is 11.8. The van der Waals surface area contributed by atoms with Crippen molar-refractivity contribution in [1.82, 2.24) is 15.1 Å². The van der Waals surface area contributed by atoms with Crippen LogP contribution in [0, 0.1) is 0 Å². The molecule has 0 radical (unpaired) electrons. The number of rotatable bonds is 4. The fraction of sp³-hybridized carbons (Fsp3) is 0.400. The van der Waals surface area contributed by atoms with Gasteiger partial charge in [-0.1, -0.05) is 12.1 Å². The van der Waals surface area contributed by atoms with Crippen LogP contribution in [0.1, 0.15) is 16.8 Å². The van der Waals surface area contributed by atoms with E-state index in [1.165, 1.54) is 11.3 Å². The van der Waals surface area contributed by atoms with E-state index in [1.807, 2.05) is 18.3 Å². The molecule has 1 aromatic carbocycles. The van der Waals surface area contributed by atoms with Crippen LogP contribution < -0.4 is 14.8 Å². The van der Waals surface area contributed by atoms with Crippen LogP contribution in [-0.4, -0.2) is 30.5 Å². The number of ether oxygens (including phenoxy) is 2. The molecule has 1 aliphatic rings. The van der Waals surface area contributed by atoms with Gasteiger partial charge in [0, 0.05) is 36.3 Å². The third kappa shape index (κ3) is 2.25. The van der Waals surface area contributed by atoms with Crippen molar-refractivity contribution < 1.29 is 9.47 Å². The van der Waals surface area contributed by atoms with Crippen molar-refractivity contribution in [2.75, 3.05) is 20.8 Å². The van der Waals surface area contributed by atoms with Crippen molar-refractivity contribution in [2.24, 2.45) is 0 Å². The fourth-order valence-corrected chi connectivity index (χ4v) is 2.69. The molecule has 5 nitrogen and oxygen atoms in total. The summed E-state index contributed by atoms with van der Waals surface area (Å²) >= 11 is 0. The maximum Gasteiger partial charge on any atom is 0.165 e. The molecular weight excluding hydrogens is 254 g/mol. The van der Waals surface area contributed by atoms with Crippen LogP contribution in [0.15, 0.2) is 24.4 Å². The number of methoxy groups -OCH3 is 2. The lowest BCUT2D eigenvalue weighted by atomic mass is 10.1. The van der Waals surface area contributed by atoms with Gasteiger partial charge in [-0.25, -0.2) is 0 Å². The first-order valence-corrected chi connectivity index (χ1v) is 6.77. The van der Waals surface area contributed by atoms with E-state index in [9.17, 15) is 0 Å². The molecule has 20 heavy (non-hydrogen) atoms. The Hall–Kier alpha value is -2.01. The summed E-state index contributed by atoms with van der Waals surface area (Å²) in [6, 6.07) is 5.94. The molecule has 1 aromatic heterocycles. The molecule has 0 bridgehead atoms. The molecule has 0 saturated carbocycles. The summed E-state index contributed by atoms with van der Waals surface area (Å²) in [4.78, 5) is 0. The number of hydrogen-bond acceptors (Lipinski definition) is 4.